The van der Waals surface area contributed by atoms with E-state index in [0.29, 0.717) is 0 Å². The summed E-state index contributed by atoms with van der Waals surface area (Å²) in [6, 6.07) is 11.6. The Labute approximate surface area is 248 Å². The average Bonchev–Trinajstić information content (AvgIpc) is 2.91. The molecule has 3 aromatic rings. The minimum Gasteiger partial charge on any atom is -0.396 e. The van der Waals surface area contributed by atoms with Gasteiger partial charge in [0.25, 0.3) is 20.2 Å². The summed E-state index contributed by atoms with van der Waals surface area (Å²) in [5.74, 6) is 12.1. The van der Waals surface area contributed by atoms with Gasteiger partial charge in [-0.05, 0) is 74.5 Å². The van der Waals surface area contributed by atoms with Crippen molar-refractivity contribution < 1.29 is 34.4 Å². The normalized spacial score (nSPS) is 13.3. The van der Waals surface area contributed by atoms with Crippen molar-refractivity contribution in [2.75, 3.05) is 10.0 Å². The fourth-order valence-electron chi connectivity index (χ4n) is 3.50. The molecule has 1 aromatic heterocycles. The molecule has 2 aromatic carbocycles. The Bertz CT molecular complexity index is 1760. The van der Waals surface area contributed by atoms with E-state index in [4.69, 9.17) is 32.3 Å². The van der Waals surface area contributed by atoms with Gasteiger partial charge in [-0.2, -0.15) is 16.8 Å². The second-order valence-electron chi connectivity index (χ2n) is 9.27. The molecule has 0 bridgehead atoms. The topological polar surface area (TPSA) is 278 Å². The monoisotopic (exact) mass is 654 g/mol. The van der Waals surface area contributed by atoms with Gasteiger partial charge < -0.3 is 11.5 Å². The summed E-state index contributed by atoms with van der Waals surface area (Å²) in [5, 5.41) is 2.05. The second kappa shape index (κ2) is 12.7. The number of nitrogens with zero attached hydrogens (tertiary/aromatic N) is 3. The molecule has 0 spiro atoms. The molecule has 1 heterocycles. The SMILES string of the molecule is CC(C)NS(=O)(=O)c1cc(/C(N)=C/N(N)c2ccc(S(=O)(=O)O)cc2)nc(/C(N)=C/N(N)c2ccc(S(=O)(=O)O)cc2)c1. The molecule has 0 amide bonds. The number of rotatable bonds is 11. The van der Waals surface area contributed by atoms with E-state index < -0.39 is 36.3 Å². The number of hydrazine groups is 2. The lowest BCUT2D eigenvalue weighted by Gasteiger charge is -2.18. The molecule has 232 valence electrons. The van der Waals surface area contributed by atoms with E-state index in [1.807, 2.05) is 0 Å². The van der Waals surface area contributed by atoms with Gasteiger partial charge in [0.05, 0.1) is 48.8 Å². The van der Waals surface area contributed by atoms with Crippen molar-refractivity contribution in [3.05, 3.63) is 84.5 Å². The number of nitrogens with two attached hydrogens (primary N) is 4. The highest BCUT2D eigenvalue weighted by molar-refractivity contribution is 7.89. The van der Waals surface area contributed by atoms with Crippen LogP contribution >= 0.6 is 0 Å². The fraction of sp³-hybridized carbons (Fsp3) is 0.125. The highest BCUT2D eigenvalue weighted by Crippen LogP contribution is 2.23. The highest BCUT2D eigenvalue weighted by atomic mass is 32.2. The van der Waals surface area contributed by atoms with Crippen LogP contribution in [0.2, 0.25) is 0 Å². The molecule has 0 saturated heterocycles. The summed E-state index contributed by atoms with van der Waals surface area (Å²) in [7, 11) is -12.9. The summed E-state index contributed by atoms with van der Waals surface area (Å²) in [4.78, 5) is 3.40. The molecule has 43 heavy (non-hydrogen) atoms. The van der Waals surface area contributed by atoms with E-state index in [9.17, 15) is 25.3 Å². The zero-order chi connectivity index (χ0) is 32.3. The molecule has 0 atom stereocenters. The van der Waals surface area contributed by atoms with Gasteiger partial charge >= 0.3 is 0 Å². The fourth-order valence-corrected chi connectivity index (χ4v) is 5.75. The Hall–Kier alpha value is -4.08. The number of benzene rings is 2. The summed E-state index contributed by atoms with van der Waals surface area (Å²) in [6.07, 6.45) is 2.40. The standard InChI is InChI=1S/C24H30N8O8S3/c1-15(2)30-41(33,34)20-11-23(21(25)13-31(27)16-3-7-18(8-4-16)42(35,36)37)29-24(12-20)22(26)14-32(28)17-5-9-19(10-6-17)43(38,39)40/h3-15,30H,25-28H2,1-2H3,(H,35,36,37)(H,38,39,40)/b21-13-,22-14-. The van der Waals surface area contributed by atoms with Crippen molar-refractivity contribution in [3.8, 4) is 0 Å². The minimum absolute atomic E-state index is 0.0518. The van der Waals surface area contributed by atoms with Crippen molar-refractivity contribution in [1.29, 1.82) is 0 Å². The van der Waals surface area contributed by atoms with E-state index in [0.717, 1.165) is 34.3 Å². The number of nitrogens with one attached hydrogen (secondary N) is 1. The largest absolute Gasteiger partial charge is 0.396 e. The maximum Gasteiger partial charge on any atom is 0.294 e. The zero-order valence-corrected chi connectivity index (χ0v) is 25.2. The van der Waals surface area contributed by atoms with Crippen molar-refractivity contribution in [2.45, 2.75) is 34.6 Å². The number of anilines is 2. The third-order valence-electron chi connectivity index (χ3n) is 5.51. The van der Waals surface area contributed by atoms with Crippen molar-refractivity contribution in [2.24, 2.45) is 23.2 Å². The van der Waals surface area contributed by atoms with Crippen molar-refractivity contribution in [3.63, 3.8) is 0 Å². The molecular formula is C24H30N8O8S3. The molecule has 11 N–H and O–H groups in total. The second-order valence-corrected chi connectivity index (χ2v) is 13.8. The molecule has 0 unspecified atom stereocenters. The smallest absolute Gasteiger partial charge is 0.294 e. The number of hydrogen-bond acceptors (Lipinski definition) is 13. The lowest BCUT2D eigenvalue weighted by atomic mass is 10.2. The van der Waals surface area contributed by atoms with Crippen LogP contribution in [0.4, 0.5) is 11.4 Å². The summed E-state index contributed by atoms with van der Waals surface area (Å²) in [5.41, 5.74) is 12.6. The van der Waals surface area contributed by atoms with Crippen LogP contribution in [-0.4, -0.2) is 45.4 Å². The van der Waals surface area contributed by atoms with Crippen LogP contribution in [0.1, 0.15) is 25.2 Å². The predicted molar refractivity (Wildman–Crippen MR) is 160 cm³/mol. The van der Waals surface area contributed by atoms with Gasteiger partial charge in [0.1, 0.15) is 0 Å². The molecule has 0 radical (unpaired) electrons. The zero-order valence-electron chi connectivity index (χ0n) is 22.7. The molecular weight excluding hydrogens is 625 g/mol. The first-order chi connectivity index (χ1) is 19.8. The number of hydrogen-bond donors (Lipinski definition) is 7. The molecule has 0 saturated carbocycles. The van der Waals surface area contributed by atoms with Gasteiger partial charge in [-0.3, -0.25) is 19.1 Å². The molecule has 0 aliphatic rings. The predicted octanol–water partition coefficient (Wildman–Crippen LogP) is 0.537. The van der Waals surface area contributed by atoms with E-state index in [1.165, 1.54) is 48.8 Å². The minimum atomic E-state index is -4.42. The van der Waals surface area contributed by atoms with E-state index >= 15 is 0 Å². The molecule has 3 rings (SSSR count). The maximum atomic E-state index is 13.0. The first-order valence-electron chi connectivity index (χ1n) is 12.0. The lowest BCUT2D eigenvalue weighted by Crippen LogP contribution is -2.31. The third-order valence-corrected chi connectivity index (χ3v) is 8.89. The van der Waals surface area contributed by atoms with Crippen LogP contribution in [0.5, 0.6) is 0 Å². The van der Waals surface area contributed by atoms with Crippen LogP contribution in [0.15, 0.2) is 87.8 Å². The Balaban J connectivity index is 2.04. The van der Waals surface area contributed by atoms with E-state index in [2.05, 4.69) is 9.71 Å². The van der Waals surface area contributed by atoms with E-state index in [-0.39, 0.29) is 48.8 Å². The Kier molecular flexibility index (Phi) is 9.83. The average molecular weight is 655 g/mol. The summed E-state index contributed by atoms with van der Waals surface area (Å²) < 4.78 is 92.1. The Morgan fingerprint density at radius 1 is 0.721 bits per heavy atom. The van der Waals surface area contributed by atoms with E-state index in [1.54, 1.807) is 13.8 Å². The van der Waals surface area contributed by atoms with Crippen molar-refractivity contribution in [1.82, 2.24) is 9.71 Å². The maximum absolute atomic E-state index is 13.0. The van der Waals surface area contributed by atoms with Gasteiger partial charge in [0, 0.05) is 18.4 Å². The lowest BCUT2D eigenvalue weighted by molar-refractivity contribution is 0.481. The quantitative estimate of drug-likeness (QED) is 0.0844. The summed E-state index contributed by atoms with van der Waals surface area (Å²) in [6.45, 7) is 3.25. The first kappa shape index (κ1) is 33.4. The van der Waals surface area contributed by atoms with Gasteiger partial charge in [-0.15, -0.1) is 0 Å². The van der Waals surface area contributed by atoms with Crippen LogP contribution < -0.4 is 37.9 Å². The molecule has 0 fully saturated rings. The Morgan fingerprint density at radius 3 is 1.37 bits per heavy atom. The molecule has 19 heteroatoms. The van der Waals surface area contributed by atoms with Crippen molar-refractivity contribution >= 4 is 53.0 Å². The van der Waals surface area contributed by atoms with Crippen LogP contribution in [-0.2, 0) is 30.3 Å². The molecule has 0 aliphatic carbocycles. The third kappa shape index (κ3) is 8.72. The first-order valence-corrected chi connectivity index (χ1v) is 16.4. The van der Waals surface area contributed by atoms with Gasteiger partial charge in [0.15, 0.2) is 0 Å². The number of aromatic nitrogens is 1. The molecule has 0 aliphatic heterocycles. The molecule has 16 nitrogen and oxygen atoms in total. The van der Waals surface area contributed by atoms with Gasteiger partial charge in [0.2, 0.25) is 10.0 Å². The number of sulfonamides is 1. The highest BCUT2D eigenvalue weighted by Gasteiger charge is 2.20. The van der Waals surface area contributed by atoms with Crippen LogP contribution in [0.25, 0.3) is 11.4 Å². The number of pyridine rings is 1. The summed E-state index contributed by atoms with van der Waals surface area (Å²) >= 11 is 0. The van der Waals surface area contributed by atoms with Crippen LogP contribution in [0, 0.1) is 0 Å². The Morgan fingerprint density at radius 2 is 1.07 bits per heavy atom. The van der Waals surface area contributed by atoms with Crippen LogP contribution in [0.3, 0.4) is 0 Å². The van der Waals surface area contributed by atoms with Gasteiger partial charge in [-0.1, -0.05) is 0 Å². The van der Waals surface area contributed by atoms with Gasteiger partial charge in [-0.25, -0.2) is 29.8 Å².